The molecule has 5 rings (SSSR count). The molecule has 29 heavy (non-hydrogen) atoms. The van der Waals surface area contributed by atoms with Crippen LogP contribution in [0, 0.1) is 0 Å². The van der Waals surface area contributed by atoms with Gasteiger partial charge in [-0.3, -0.25) is 18.3 Å². The Morgan fingerprint density at radius 2 is 1.83 bits per heavy atom. The van der Waals surface area contributed by atoms with Crippen molar-refractivity contribution < 1.29 is 4.42 Å². The van der Waals surface area contributed by atoms with E-state index < -0.39 is 5.69 Å². The normalized spacial score (nSPS) is 11.7. The number of furan rings is 1. The monoisotopic (exact) mass is 453 g/mol. The number of rotatable bonds is 3. The highest BCUT2D eigenvalue weighted by molar-refractivity contribution is 9.10. The average Bonchev–Trinajstić information content (AvgIpc) is 3.42. The van der Waals surface area contributed by atoms with Gasteiger partial charge in [-0.25, -0.2) is 4.79 Å². The van der Waals surface area contributed by atoms with E-state index in [1.807, 2.05) is 47.2 Å². The van der Waals surface area contributed by atoms with Crippen molar-refractivity contribution in [3.05, 3.63) is 79.9 Å². The minimum absolute atomic E-state index is 0.351. The first-order valence-electron chi connectivity index (χ1n) is 8.91. The highest BCUT2D eigenvalue weighted by Gasteiger charge is 2.21. The van der Waals surface area contributed by atoms with Crippen LogP contribution in [-0.4, -0.2) is 23.1 Å². The molecule has 0 bridgehead atoms. The molecule has 5 aromatic rings. The number of hydrogen-bond acceptors (Lipinski definition) is 4. The molecule has 0 saturated heterocycles. The fourth-order valence-electron chi connectivity index (χ4n) is 3.58. The van der Waals surface area contributed by atoms with Crippen LogP contribution in [0.15, 0.2) is 67.3 Å². The molecule has 4 aromatic heterocycles. The van der Waals surface area contributed by atoms with Crippen molar-refractivity contribution in [1.29, 1.82) is 0 Å². The van der Waals surface area contributed by atoms with E-state index in [2.05, 4.69) is 20.9 Å². The highest BCUT2D eigenvalue weighted by atomic mass is 79.9. The van der Waals surface area contributed by atoms with E-state index in [4.69, 9.17) is 4.42 Å². The van der Waals surface area contributed by atoms with Gasteiger partial charge in [0.25, 0.3) is 5.56 Å². The fraction of sp³-hybridized carbons (Fsp3) is 0.150. The predicted molar refractivity (Wildman–Crippen MR) is 112 cm³/mol. The molecular formula is C20H16BrN5O3. The molecule has 8 nitrogen and oxygen atoms in total. The number of nitrogens with zero attached hydrogens (tertiary/aromatic N) is 5. The van der Waals surface area contributed by atoms with E-state index in [0.29, 0.717) is 23.5 Å². The summed E-state index contributed by atoms with van der Waals surface area (Å²) in [7, 11) is 3.09. The molecule has 9 heteroatoms. The quantitative estimate of drug-likeness (QED) is 0.420. The Hall–Kier alpha value is -3.33. The summed E-state index contributed by atoms with van der Waals surface area (Å²) in [6.07, 6.45) is 3.50. The van der Waals surface area contributed by atoms with Crippen LogP contribution in [0.5, 0.6) is 0 Å². The first kappa shape index (κ1) is 17.7. The number of fused-ring (bicyclic) bond motifs is 3. The summed E-state index contributed by atoms with van der Waals surface area (Å²) >= 11 is 3.46. The minimum Gasteiger partial charge on any atom is -0.467 e. The van der Waals surface area contributed by atoms with Crippen molar-refractivity contribution in [3.63, 3.8) is 0 Å². The number of imidazole rings is 2. The molecule has 0 N–H and O–H groups in total. The molecule has 0 aliphatic rings. The van der Waals surface area contributed by atoms with Gasteiger partial charge in [0.15, 0.2) is 11.2 Å². The Labute approximate surface area is 172 Å². The summed E-state index contributed by atoms with van der Waals surface area (Å²) in [5.41, 5.74) is 1.78. The van der Waals surface area contributed by atoms with Gasteiger partial charge in [0, 0.05) is 24.8 Å². The fourth-order valence-corrected chi connectivity index (χ4v) is 3.85. The molecule has 0 aliphatic heterocycles. The van der Waals surface area contributed by atoms with Gasteiger partial charge in [-0.05, 0) is 29.8 Å². The lowest BCUT2D eigenvalue weighted by molar-refractivity contribution is 0.497. The second-order valence-electron chi connectivity index (χ2n) is 6.85. The van der Waals surface area contributed by atoms with Crippen LogP contribution in [0.4, 0.5) is 0 Å². The number of halogens is 1. The van der Waals surface area contributed by atoms with Gasteiger partial charge in [-0.15, -0.1) is 0 Å². The van der Waals surface area contributed by atoms with Crippen LogP contribution < -0.4 is 11.2 Å². The molecule has 0 radical (unpaired) electrons. The van der Waals surface area contributed by atoms with Crippen molar-refractivity contribution in [3.8, 4) is 11.3 Å². The summed E-state index contributed by atoms with van der Waals surface area (Å²) < 4.78 is 12.7. The van der Waals surface area contributed by atoms with Gasteiger partial charge in [-0.2, -0.15) is 4.98 Å². The highest BCUT2D eigenvalue weighted by Crippen LogP contribution is 2.27. The molecule has 146 valence electrons. The Morgan fingerprint density at radius 3 is 2.52 bits per heavy atom. The summed E-state index contributed by atoms with van der Waals surface area (Å²) in [4.78, 5) is 29.8. The molecular weight excluding hydrogens is 438 g/mol. The Kier molecular flexibility index (Phi) is 3.88. The zero-order valence-corrected chi connectivity index (χ0v) is 17.3. The summed E-state index contributed by atoms with van der Waals surface area (Å²) in [6.45, 7) is 0.437. The molecule has 0 aliphatic carbocycles. The largest absolute Gasteiger partial charge is 0.467 e. The van der Waals surface area contributed by atoms with Crippen LogP contribution in [0.1, 0.15) is 5.76 Å². The van der Waals surface area contributed by atoms with Gasteiger partial charge in [-0.1, -0.05) is 28.1 Å². The first-order valence-corrected chi connectivity index (χ1v) is 9.70. The van der Waals surface area contributed by atoms with E-state index in [9.17, 15) is 9.59 Å². The minimum atomic E-state index is -0.408. The molecule has 0 spiro atoms. The maximum atomic E-state index is 12.8. The van der Waals surface area contributed by atoms with E-state index in [1.165, 1.54) is 11.6 Å². The summed E-state index contributed by atoms with van der Waals surface area (Å²) in [6, 6.07) is 11.6. The third kappa shape index (κ3) is 2.61. The first-order chi connectivity index (χ1) is 14.0. The Morgan fingerprint density at radius 1 is 1.07 bits per heavy atom. The van der Waals surface area contributed by atoms with E-state index >= 15 is 0 Å². The van der Waals surface area contributed by atoms with Crippen LogP contribution in [-0.2, 0) is 20.6 Å². The van der Waals surface area contributed by atoms with Gasteiger partial charge in [0.05, 0.1) is 18.5 Å². The zero-order valence-electron chi connectivity index (χ0n) is 15.7. The molecule has 0 atom stereocenters. The Bertz CT molecular complexity index is 1480. The topological polar surface area (TPSA) is 79.4 Å². The number of hydrogen-bond donors (Lipinski definition) is 0. The van der Waals surface area contributed by atoms with E-state index in [0.717, 1.165) is 26.1 Å². The summed E-state index contributed by atoms with van der Waals surface area (Å²) in [5, 5.41) is 0. The second-order valence-corrected chi connectivity index (χ2v) is 7.76. The average molecular weight is 454 g/mol. The van der Waals surface area contributed by atoms with Crippen LogP contribution in [0.2, 0.25) is 0 Å². The maximum absolute atomic E-state index is 12.8. The van der Waals surface area contributed by atoms with Crippen molar-refractivity contribution in [2.45, 2.75) is 6.54 Å². The molecule has 0 fully saturated rings. The van der Waals surface area contributed by atoms with Gasteiger partial charge in [0.1, 0.15) is 5.76 Å². The standard InChI is InChI=1S/C20H16BrN5O3/c1-23-17-16(18(27)24(2)20(23)28)26-11-15(12-5-7-13(21)8-6-12)25(19(26)22-17)10-14-4-3-9-29-14/h3-9,11H,10H2,1-2H3. The third-order valence-electron chi connectivity index (χ3n) is 5.09. The lowest BCUT2D eigenvalue weighted by Crippen LogP contribution is -2.37. The molecule has 0 amide bonds. The Balaban J connectivity index is 1.88. The molecule has 0 saturated carbocycles. The van der Waals surface area contributed by atoms with E-state index in [1.54, 1.807) is 17.7 Å². The van der Waals surface area contributed by atoms with E-state index in [-0.39, 0.29) is 5.56 Å². The second kappa shape index (κ2) is 6.35. The van der Waals surface area contributed by atoms with Crippen molar-refractivity contribution in [2.75, 3.05) is 0 Å². The third-order valence-corrected chi connectivity index (χ3v) is 5.62. The lowest BCUT2D eigenvalue weighted by Gasteiger charge is -2.08. The van der Waals surface area contributed by atoms with Gasteiger partial charge >= 0.3 is 5.69 Å². The number of aromatic nitrogens is 5. The van der Waals surface area contributed by atoms with Crippen molar-refractivity contribution in [1.82, 2.24) is 23.1 Å². The van der Waals surface area contributed by atoms with Crippen molar-refractivity contribution >= 4 is 32.9 Å². The number of aryl methyl sites for hydroxylation is 1. The molecule has 0 unspecified atom stereocenters. The molecule has 4 heterocycles. The van der Waals surface area contributed by atoms with Crippen molar-refractivity contribution in [2.24, 2.45) is 14.1 Å². The van der Waals surface area contributed by atoms with Crippen LogP contribution >= 0.6 is 15.9 Å². The predicted octanol–water partition coefficient (Wildman–Crippen LogP) is 2.76. The SMILES string of the molecule is Cn1c(=O)c2c(nc3n(Cc4ccco4)c(-c4ccc(Br)cc4)cn23)n(C)c1=O. The van der Waals surface area contributed by atoms with Gasteiger partial charge in [0.2, 0.25) is 5.78 Å². The van der Waals surface area contributed by atoms with Gasteiger partial charge < -0.3 is 8.98 Å². The van der Waals surface area contributed by atoms with Crippen LogP contribution in [0.3, 0.4) is 0 Å². The zero-order chi connectivity index (χ0) is 20.3. The smallest absolute Gasteiger partial charge is 0.332 e. The summed E-state index contributed by atoms with van der Waals surface area (Å²) in [5.74, 6) is 1.32. The lowest BCUT2D eigenvalue weighted by atomic mass is 10.1. The number of benzene rings is 1. The maximum Gasteiger partial charge on any atom is 0.332 e. The molecule has 1 aromatic carbocycles. The van der Waals surface area contributed by atoms with Crippen LogP contribution in [0.25, 0.3) is 28.2 Å².